The lowest BCUT2D eigenvalue weighted by atomic mass is 10.3. The van der Waals surface area contributed by atoms with Crippen LogP contribution in [-0.4, -0.2) is 51.8 Å². The van der Waals surface area contributed by atoms with Crippen LogP contribution in [0.5, 0.6) is 0 Å². The minimum absolute atomic E-state index is 0. The Morgan fingerprint density at radius 2 is 1.82 bits per heavy atom. The maximum absolute atomic E-state index is 4.98. The first-order chi connectivity index (χ1) is 7.85. The number of unbranched alkanes of at least 4 members (excludes halogenated alkanes) is 1. The first kappa shape index (κ1) is 19.6. The zero-order chi connectivity index (χ0) is 12.1. The van der Waals surface area contributed by atoms with Crippen molar-refractivity contribution in [1.29, 1.82) is 0 Å². The van der Waals surface area contributed by atoms with Gasteiger partial charge in [0.15, 0.2) is 5.96 Å². The molecule has 104 valence electrons. The zero-order valence-electron chi connectivity index (χ0n) is 11.1. The Kier molecular flexibility index (Phi) is 18.8. The third-order valence-electron chi connectivity index (χ3n) is 2.11. The molecule has 0 aliphatic rings. The van der Waals surface area contributed by atoms with E-state index >= 15 is 0 Å². The number of rotatable bonds is 9. The zero-order valence-corrected chi connectivity index (χ0v) is 14.3. The fourth-order valence-electron chi connectivity index (χ4n) is 1.22. The molecule has 0 fully saturated rings. The van der Waals surface area contributed by atoms with Crippen molar-refractivity contribution in [1.82, 2.24) is 10.6 Å². The van der Waals surface area contributed by atoms with E-state index in [2.05, 4.69) is 21.9 Å². The molecule has 0 atom stereocenters. The lowest BCUT2D eigenvalue weighted by Crippen LogP contribution is -2.38. The van der Waals surface area contributed by atoms with E-state index in [-0.39, 0.29) is 24.0 Å². The van der Waals surface area contributed by atoms with E-state index in [1.54, 1.807) is 14.2 Å². The Morgan fingerprint density at radius 1 is 1.18 bits per heavy atom. The van der Waals surface area contributed by atoms with Gasteiger partial charge in [-0.15, -0.1) is 24.0 Å². The molecule has 0 heterocycles. The number of nitrogens with one attached hydrogen (secondary N) is 2. The van der Waals surface area contributed by atoms with Gasteiger partial charge in [0.25, 0.3) is 0 Å². The average Bonchev–Trinajstić information content (AvgIpc) is 2.31. The fourth-order valence-corrected chi connectivity index (χ4v) is 1.71. The minimum atomic E-state index is 0. The molecule has 4 nitrogen and oxygen atoms in total. The van der Waals surface area contributed by atoms with Crippen molar-refractivity contribution in [2.75, 3.05) is 45.9 Å². The summed E-state index contributed by atoms with van der Waals surface area (Å²) in [5, 5.41) is 6.54. The second kappa shape index (κ2) is 16.3. The topological polar surface area (TPSA) is 45.7 Å². The lowest BCUT2D eigenvalue weighted by Gasteiger charge is -2.11. The highest BCUT2D eigenvalue weighted by Crippen LogP contribution is 1.97. The SMILES string of the molecule is CN=C(NCCCCSC)NCCCOC.I. The van der Waals surface area contributed by atoms with Crippen LogP contribution < -0.4 is 10.6 Å². The molecule has 0 rings (SSSR count). The molecule has 0 aliphatic heterocycles. The van der Waals surface area contributed by atoms with Crippen molar-refractivity contribution < 1.29 is 4.74 Å². The molecule has 0 amide bonds. The van der Waals surface area contributed by atoms with Crippen molar-refractivity contribution in [3.63, 3.8) is 0 Å². The molecule has 0 bridgehead atoms. The molecule has 2 N–H and O–H groups in total. The van der Waals surface area contributed by atoms with E-state index in [0.29, 0.717) is 0 Å². The number of hydrogen-bond donors (Lipinski definition) is 2. The first-order valence-corrected chi connectivity index (χ1v) is 7.17. The van der Waals surface area contributed by atoms with Gasteiger partial charge in [-0.2, -0.15) is 11.8 Å². The van der Waals surface area contributed by atoms with Gasteiger partial charge < -0.3 is 15.4 Å². The van der Waals surface area contributed by atoms with Crippen LogP contribution in [0.15, 0.2) is 4.99 Å². The van der Waals surface area contributed by atoms with E-state index in [1.807, 2.05) is 11.8 Å². The number of nitrogens with zero attached hydrogens (tertiary/aromatic N) is 1. The van der Waals surface area contributed by atoms with Crippen LogP contribution >= 0.6 is 35.7 Å². The number of thioether (sulfide) groups is 1. The number of halogens is 1. The summed E-state index contributed by atoms with van der Waals surface area (Å²) in [6, 6.07) is 0. The fraction of sp³-hybridized carbons (Fsp3) is 0.909. The first-order valence-electron chi connectivity index (χ1n) is 5.77. The largest absolute Gasteiger partial charge is 0.385 e. The van der Waals surface area contributed by atoms with Crippen LogP contribution in [0.1, 0.15) is 19.3 Å². The van der Waals surface area contributed by atoms with Gasteiger partial charge in [0, 0.05) is 33.9 Å². The minimum Gasteiger partial charge on any atom is -0.385 e. The van der Waals surface area contributed by atoms with Gasteiger partial charge in [-0.25, -0.2) is 0 Å². The third kappa shape index (κ3) is 14.2. The molecular weight excluding hydrogens is 349 g/mol. The molecule has 0 aliphatic carbocycles. The molecular formula is C11H26IN3OS. The number of hydrogen-bond acceptors (Lipinski definition) is 3. The molecule has 6 heteroatoms. The van der Waals surface area contributed by atoms with Crippen LogP contribution in [-0.2, 0) is 4.74 Å². The summed E-state index contributed by atoms with van der Waals surface area (Å²) in [7, 11) is 3.52. The molecule has 0 aromatic heterocycles. The van der Waals surface area contributed by atoms with Gasteiger partial charge in [-0.3, -0.25) is 4.99 Å². The van der Waals surface area contributed by atoms with E-state index in [0.717, 1.165) is 32.1 Å². The highest BCUT2D eigenvalue weighted by molar-refractivity contribution is 14.0. The van der Waals surface area contributed by atoms with E-state index in [4.69, 9.17) is 4.74 Å². The summed E-state index contributed by atoms with van der Waals surface area (Å²) >= 11 is 1.90. The van der Waals surface area contributed by atoms with Crippen molar-refractivity contribution in [2.24, 2.45) is 4.99 Å². The highest BCUT2D eigenvalue weighted by atomic mass is 127. The Balaban J connectivity index is 0. The molecule has 17 heavy (non-hydrogen) atoms. The van der Waals surface area contributed by atoms with Crippen molar-refractivity contribution in [3.8, 4) is 0 Å². The summed E-state index contributed by atoms with van der Waals surface area (Å²) < 4.78 is 4.98. The summed E-state index contributed by atoms with van der Waals surface area (Å²) in [6.45, 7) is 2.68. The average molecular weight is 375 g/mol. The van der Waals surface area contributed by atoms with Crippen molar-refractivity contribution >= 4 is 41.7 Å². The molecule has 0 aromatic carbocycles. The number of guanidine groups is 1. The predicted molar refractivity (Wildman–Crippen MR) is 88.9 cm³/mol. The molecule has 0 radical (unpaired) electrons. The number of methoxy groups -OCH3 is 1. The standard InChI is InChI=1S/C11H25N3OS.HI/c1-12-11(14-8-6-9-15-2)13-7-4-5-10-16-3;/h4-10H2,1-3H3,(H2,12,13,14);1H. The van der Waals surface area contributed by atoms with Crippen LogP contribution in [0.4, 0.5) is 0 Å². The predicted octanol–water partition coefficient (Wildman–Crippen LogP) is 1.95. The second-order valence-electron chi connectivity index (χ2n) is 3.47. The van der Waals surface area contributed by atoms with Gasteiger partial charge in [0.2, 0.25) is 0 Å². The van der Waals surface area contributed by atoms with Gasteiger partial charge >= 0.3 is 0 Å². The third-order valence-corrected chi connectivity index (χ3v) is 2.81. The molecule has 0 spiro atoms. The van der Waals surface area contributed by atoms with E-state index in [9.17, 15) is 0 Å². The van der Waals surface area contributed by atoms with Crippen LogP contribution in [0.3, 0.4) is 0 Å². The highest BCUT2D eigenvalue weighted by Gasteiger charge is 1.95. The quantitative estimate of drug-likeness (QED) is 0.280. The molecule has 0 unspecified atom stereocenters. The Bertz CT molecular complexity index is 182. The van der Waals surface area contributed by atoms with Crippen LogP contribution in [0.25, 0.3) is 0 Å². The van der Waals surface area contributed by atoms with Gasteiger partial charge in [0.05, 0.1) is 0 Å². The van der Waals surface area contributed by atoms with Crippen LogP contribution in [0.2, 0.25) is 0 Å². The molecule has 0 saturated carbocycles. The molecule has 0 saturated heterocycles. The summed E-state index contributed by atoms with van der Waals surface area (Å²) in [5.74, 6) is 2.13. The molecule has 0 aromatic rings. The Hall–Kier alpha value is 0.310. The normalized spacial score (nSPS) is 10.9. The van der Waals surface area contributed by atoms with Crippen molar-refractivity contribution in [2.45, 2.75) is 19.3 Å². The smallest absolute Gasteiger partial charge is 0.190 e. The Labute approximate surface area is 127 Å². The summed E-state index contributed by atoms with van der Waals surface area (Å²) in [4.78, 5) is 4.15. The van der Waals surface area contributed by atoms with E-state index < -0.39 is 0 Å². The maximum Gasteiger partial charge on any atom is 0.190 e. The van der Waals surface area contributed by atoms with Gasteiger partial charge in [-0.1, -0.05) is 0 Å². The van der Waals surface area contributed by atoms with Gasteiger partial charge in [-0.05, 0) is 31.3 Å². The van der Waals surface area contributed by atoms with Gasteiger partial charge in [0.1, 0.15) is 0 Å². The number of aliphatic imine (C=N–C) groups is 1. The monoisotopic (exact) mass is 375 g/mol. The maximum atomic E-state index is 4.98. The lowest BCUT2D eigenvalue weighted by molar-refractivity contribution is 0.195. The van der Waals surface area contributed by atoms with Crippen LogP contribution in [0, 0.1) is 0 Å². The summed E-state index contributed by atoms with van der Waals surface area (Å²) in [6.07, 6.45) is 5.60. The number of ether oxygens (including phenoxy) is 1. The summed E-state index contributed by atoms with van der Waals surface area (Å²) in [5.41, 5.74) is 0. The second-order valence-corrected chi connectivity index (χ2v) is 4.46. The van der Waals surface area contributed by atoms with Crippen molar-refractivity contribution in [3.05, 3.63) is 0 Å². The Morgan fingerprint density at radius 3 is 2.35 bits per heavy atom. The van der Waals surface area contributed by atoms with E-state index in [1.165, 1.54) is 18.6 Å².